The standard InChI is InChI=1S/C19H17F3N2O/c20-19(21,22)14-10-8-13(9-11-14)18-15-5-1-2-6-16(15)24(23-18)17-7-3-4-12-25-17/h1-2,5-6,8-11,17H,3-4,7,12H2. The Labute approximate surface area is 143 Å². The van der Waals surface area contributed by atoms with Crippen LogP contribution in [0.5, 0.6) is 0 Å². The number of rotatable bonds is 2. The Kier molecular flexibility index (Phi) is 4.00. The Morgan fingerprint density at radius 3 is 2.44 bits per heavy atom. The van der Waals surface area contributed by atoms with Crippen molar-refractivity contribution >= 4 is 10.9 Å². The lowest BCUT2D eigenvalue weighted by Crippen LogP contribution is -2.19. The van der Waals surface area contributed by atoms with Gasteiger partial charge in [-0.1, -0.05) is 30.3 Å². The van der Waals surface area contributed by atoms with Crippen molar-refractivity contribution in [2.24, 2.45) is 0 Å². The Morgan fingerprint density at radius 1 is 1.00 bits per heavy atom. The second-order valence-corrected chi connectivity index (χ2v) is 6.21. The quantitative estimate of drug-likeness (QED) is 0.619. The summed E-state index contributed by atoms with van der Waals surface area (Å²) in [6.45, 7) is 0.703. The fraction of sp³-hybridized carbons (Fsp3) is 0.316. The highest BCUT2D eigenvalue weighted by molar-refractivity contribution is 5.93. The fourth-order valence-corrected chi connectivity index (χ4v) is 3.26. The van der Waals surface area contributed by atoms with E-state index in [0.29, 0.717) is 17.9 Å². The van der Waals surface area contributed by atoms with Gasteiger partial charge in [0.2, 0.25) is 0 Å². The van der Waals surface area contributed by atoms with E-state index in [-0.39, 0.29) is 6.23 Å². The van der Waals surface area contributed by atoms with Crippen LogP contribution < -0.4 is 0 Å². The molecule has 2 aromatic carbocycles. The zero-order valence-corrected chi connectivity index (χ0v) is 13.5. The summed E-state index contributed by atoms with van der Waals surface area (Å²) >= 11 is 0. The lowest BCUT2D eigenvalue weighted by atomic mass is 10.1. The third-order valence-electron chi connectivity index (χ3n) is 4.53. The first-order valence-corrected chi connectivity index (χ1v) is 8.30. The van der Waals surface area contributed by atoms with E-state index in [9.17, 15) is 13.2 Å². The van der Waals surface area contributed by atoms with Crippen LogP contribution in [0.25, 0.3) is 22.2 Å². The number of aromatic nitrogens is 2. The summed E-state index contributed by atoms with van der Waals surface area (Å²) in [5.74, 6) is 0. The molecule has 0 saturated carbocycles. The van der Waals surface area contributed by atoms with Crippen molar-refractivity contribution in [1.29, 1.82) is 0 Å². The van der Waals surface area contributed by atoms with Crippen LogP contribution in [0.2, 0.25) is 0 Å². The number of benzene rings is 2. The molecule has 3 aromatic rings. The summed E-state index contributed by atoms with van der Waals surface area (Å²) < 4.78 is 46.1. The van der Waals surface area contributed by atoms with Gasteiger partial charge in [-0.15, -0.1) is 0 Å². The normalized spacial score (nSPS) is 18.6. The molecule has 3 nitrogen and oxygen atoms in total. The molecule has 1 atom stereocenters. The second-order valence-electron chi connectivity index (χ2n) is 6.21. The predicted octanol–water partition coefficient (Wildman–Crippen LogP) is 5.42. The lowest BCUT2D eigenvalue weighted by molar-refractivity contribution is -0.137. The maximum atomic E-state index is 12.8. The molecule has 0 spiro atoms. The minimum absolute atomic E-state index is 0.123. The molecule has 2 heterocycles. The number of hydrogen-bond donors (Lipinski definition) is 0. The third kappa shape index (κ3) is 3.02. The van der Waals surface area contributed by atoms with Gasteiger partial charge in [-0.05, 0) is 37.5 Å². The van der Waals surface area contributed by atoms with Crippen LogP contribution in [0.3, 0.4) is 0 Å². The van der Waals surface area contributed by atoms with Crippen LogP contribution >= 0.6 is 0 Å². The van der Waals surface area contributed by atoms with Crippen LogP contribution in [0.1, 0.15) is 31.1 Å². The van der Waals surface area contributed by atoms with Gasteiger partial charge in [-0.2, -0.15) is 18.3 Å². The number of halogens is 3. The Morgan fingerprint density at radius 2 is 1.76 bits per heavy atom. The van der Waals surface area contributed by atoms with E-state index < -0.39 is 11.7 Å². The molecule has 0 N–H and O–H groups in total. The van der Waals surface area contributed by atoms with Crippen molar-refractivity contribution in [3.8, 4) is 11.3 Å². The zero-order valence-electron chi connectivity index (χ0n) is 13.5. The molecule has 130 valence electrons. The molecule has 25 heavy (non-hydrogen) atoms. The first kappa shape index (κ1) is 16.1. The van der Waals surface area contributed by atoms with Crippen LogP contribution in [-0.4, -0.2) is 16.4 Å². The molecule has 1 aliphatic rings. The van der Waals surface area contributed by atoms with E-state index in [4.69, 9.17) is 4.74 Å². The molecule has 0 bridgehead atoms. The number of hydrogen-bond acceptors (Lipinski definition) is 2. The Hall–Kier alpha value is -2.34. The van der Waals surface area contributed by atoms with Crippen molar-refractivity contribution in [1.82, 2.24) is 9.78 Å². The fourth-order valence-electron chi connectivity index (χ4n) is 3.26. The number of para-hydroxylation sites is 1. The summed E-state index contributed by atoms with van der Waals surface area (Å²) in [6, 6.07) is 12.9. The largest absolute Gasteiger partial charge is 0.416 e. The van der Waals surface area contributed by atoms with Gasteiger partial charge in [0.25, 0.3) is 0 Å². The van der Waals surface area contributed by atoms with Crippen LogP contribution in [0.15, 0.2) is 48.5 Å². The van der Waals surface area contributed by atoms with E-state index in [2.05, 4.69) is 5.10 Å². The molecular weight excluding hydrogens is 329 g/mol. The SMILES string of the molecule is FC(F)(F)c1ccc(-c2nn(C3CCCCO3)c3ccccc23)cc1. The number of nitrogens with zero attached hydrogens (tertiary/aromatic N) is 2. The second kappa shape index (κ2) is 6.19. The van der Waals surface area contributed by atoms with E-state index in [1.165, 1.54) is 12.1 Å². The minimum Gasteiger partial charge on any atom is -0.356 e. The third-order valence-corrected chi connectivity index (χ3v) is 4.53. The lowest BCUT2D eigenvalue weighted by Gasteiger charge is -2.23. The summed E-state index contributed by atoms with van der Waals surface area (Å²) in [7, 11) is 0. The van der Waals surface area contributed by atoms with Crippen LogP contribution in [0.4, 0.5) is 13.2 Å². The first-order chi connectivity index (χ1) is 12.0. The van der Waals surface area contributed by atoms with Crippen molar-refractivity contribution in [3.05, 3.63) is 54.1 Å². The van der Waals surface area contributed by atoms with Gasteiger partial charge >= 0.3 is 6.18 Å². The number of ether oxygens (including phenoxy) is 1. The summed E-state index contributed by atoms with van der Waals surface area (Å²) in [6.07, 6.45) is -1.45. The zero-order chi connectivity index (χ0) is 17.4. The molecule has 1 saturated heterocycles. The molecule has 0 amide bonds. The van der Waals surface area contributed by atoms with E-state index in [1.807, 2.05) is 28.9 Å². The van der Waals surface area contributed by atoms with Gasteiger partial charge in [-0.3, -0.25) is 0 Å². The first-order valence-electron chi connectivity index (χ1n) is 8.30. The number of alkyl halides is 3. The molecular formula is C19H17F3N2O. The molecule has 1 fully saturated rings. The van der Waals surface area contributed by atoms with Crippen LogP contribution in [0, 0.1) is 0 Å². The minimum atomic E-state index is -4.34. The van der Waals surface area contributed by atoms with Gasteiger partial charge in [0.15, 0.2) is 6.23 Å². The summed E-state index contributed by atoms with van der Waals surface area (Å²) in [5.41, 5.74) is 1.62. The monoisotopic (exact) mass is 346 g/mol. The molecule has 1 unspecified atom stereocenters. The van der Waals surface area contributed by atoms with Crippen molar-refractivity contribution in [2.45, 2.75) is 31.7 Å². The van der Waals surface area contributed by atoms with E-state index in [1.54, 1.807) is 0 Å². The van der Waals surface area contributed by atoms with Crippen molar-refractivity contribution < 1.29 is 17.9 Å². The highest BCUT2D eigenvalue weighted by atomic mass is 19.4. The molecule has 4 rings (SSSR count). The highest BCUT2D eigenvalue weighted by Gasteiger charge is 2.30. The smallest absolute Gasteiger partial charge is 0.356 e. The Bertz CT molecular complexity index is 878. The molecule has 0 radical (unpaired) electrons. The van der Waals surface area contributed by atoms with Crippen molar-refractivity contribution in [3.63, 3.8) is 0 Å². The Balaban J connectivity index is 1.79. The molecule has 0 aliphatic carbocycles. The maximum absolute atomic E-state index is 12.8. The summed E-state index contributed by atoms with van der Waals surface area (Å²) in [5, 5.41) is 5.60. The summed E-state index contributed by atoms with van der Waals surface area (Å²) in [4.78, 5) is 0. The topological polar surface area (TPSA) is 27.1 Å². The van der Waals surface area contributed by atoms with Crippen LogP contribution in [-0.2, 0) is 10.9 Å². The van der Waals surface area contributed by atoms with Gasteiger partial charge in [0.1, 0.15) is 5.69 Å². The average Bonchev–Trinajstić information content (AvgIpc) is 3.02. The maximum Gasteiger partial charge on any atom is 0.416 e. The van der Waals surface area contributed by atoms with E-state index in [0.717, 1.165) is 42.3 Å². The van der Waals surface area contributed by atoms with Gasteiger partial charge in [-0.25, -0.2) is 4.68 Å². The van der Waals surface area contributed by atoms with Gasteiger partial charge in [0.05, 0.1) is 11.1 Å². The number of fused-ring (bicyclic) bond motifs is 1. The predicted molar refractivity (Wildman–Crippen MR) is 89.0 cm³/mol. The average molecular weight is 346 g/mol. The molecule has 6 heteroatoms. The van der Waals surface area contributed by atoms with E-state index >= 15 is 0 Å². The molecule has 1 aromatic heterocycles. The molecule has 1 aliphatic heterocycles. The highest BCUT2D eigenvalue weighted by Crippen LogP contribution is 2.35. The van der Waals surface area contributed by atoms with Crippen molar-refractivity contribution in [2.75, 3.05) is 6.61 Å². The van der Waals surface area contributed by atoms with Gasteiger partial charge < -0.3 is 4.74 Å². The van der Waals surface area contributed by atoms with Gasteiger partial charge in [0, 0.05) is 17.6 Å².